The first-order chi connectivity index (χ1) is 10.4. The van der Waals surface area contributed by atoms with Crippen molar-refractivity contribution in [1.29, 1.82) is 0 Å². The largest absolute Gasteiger partial charge is 0.379 e. The molecule has 0 aromatic rings. The maximum Gasteiger partial charge on any atom is 0.190 e. The quantitative estimate of drug-likeness (QED) is 0.367. The average molecular weight is 298 g/mol. The summed E-state index contributed by atoms with van der Waals surface area (Å²) in [5.74, 6) is 0.942. The number of hydrogen-bond donors (Lipinski definition) is 2. The van der Waals surface area contributed by atoms with E-state index < -0.39 is 0 Å². The zero-order valence-electron chi connectivity index (χ0n) is 14.0. The molecule has 0 bridgehead atoms. The highest BCUT2D eigenvalue weighted by atomic mass is 16.5. The van der Waals surface area contributed by atoms with Crippen LogP contribution in [-0.2, 0) is 4.74 Å². The van der Waals surface area contributed by atoms with E-state index in [0.29, 0.717) is 0 Å². The van der Waals surface area contributed by atoms with E-state index >= 15 is 0 Å². The number of ether oxygens (including phenoxy) is 1. The minimum absolute atomic E-state index is 0.896. The second-order valence-electron chi connectivity index (χ2n) is 5.65. The fraction of sp³-hybridized carbons (Fsp3) is 0.938. The third kappa shape index (κ3) is 9.69. The van der Waals surface area contributed by atoms with Gasteiger partial charge in [-0.05, 0) is 25.8 Å². The SMILES string of the molecule is CCCCCCNC(=NC)NCCCCN1CCOCC1. The standard InChI is InChI=1S/C16H34N4O/c1-3-4-5-6-9-18-16(17-2)19-10-7-8-11-20-12-14-21-15-13-20/h3-15H2,1-2H3,(H2,17,18,19). The van der Waals surface area contributed by atoms with Crippen LogP contribution in [0.2, 0.25) is 0 Å². The van der Waals surface area contributed by atoms with Crippen molar-refractivity contribution >= 4 is 5.96 Å². The summed E-state index contributed by atoms with van der Waals surface area (Å²) in [5.41, 5.74) is 0. The molecular weight excluding hydrogens is 264 g/mol. The molecule has 0 saturated carbocycles. The molecule has 124 valence electrons. The van der Waals surface area contributed by atoms with Gasteiger partial charge in [0.15, 0.2) is 5.96 Å². The fourth-order valence-electron chi connectivity index (χ4n) is 2.47. The molecule has 21 heavy (non-hydrogen) atoms. The summed E-state index contributed by atoms with van der Waals surface area (Å²) < 4.78 is 5.36. The Bertz CT molecular complexity index is 265. The summed E-state index contributed by atoms with van der Waals surface area (Å²) >= 11 is 0. The second-order valence-corrected chi connectivity index (χ2v) is 5.65. The van der Waals surface area contributed by atoms with Crippen molar-refractivity contribution in [3.63, 3.8) is 0 Å². The highest BCUT2D eigenvalue weighted by Crippen LogP contribution is 1.99. The van der Waals surface area contributed by atoms with Crippen LogP contribution in [0.15, 0.2) is 4.99 Å². The van der Waals surface area contributed by atoms with Crippen LogP contribution in [0.5, 0.6) is 0 Å². The lowest BCUT2D eigenvalue weighted by Gasteiger charge is -2.26. The molecule has 0 aliphatic carbocycles. The Labute approximate surface area is 130 Å². The van der Waals surface area contributed by atoms with Gasteiger partial charge in [0.2, 0.25) is 0 Å². The predicted molar refractivity (Wildman–Crippen MR) is 90.0 cm³/mol. The Morgan fingerprint density at radius 3 is 2.29 bits per heavy atom. The molecule has 1 fully saturated rings. The Morgan fingerprint density at radius 2 is 1.67 bits per heavy atom. The van der Waals surface area contributed by atoms with Gasteiger partial charge in [-0.3, -0.25) is 9.89 Å². The molecule has 1 aliphatic rings. The van der Waals surface area contributed by atoms with Crippen molar-refractivity contribution in [3.8, 4) is 0 Å². The van der Waals surface area contributed by atoms with E-state index in [2.05, 4.69) is 27.4 Å². The van der Waals surface area contributed by atoms with Crippen LogP contribution in [0.1, 0.15) is 45.4 Å². The number of rotatable bonds is 10. The van der Waals surface area contributed by atoms with Crippen molar-refractivity contribution in [2.45, 2.75) is 45.4 Å². The number of nitrogens with zero attached hydrogens (tertiary/aromatic N) is 2. The summed E-state index contributed by atoms with van der Waals surface area (Å²) in [6.45, 7) is 9.42. The first-order valence-corrected chi connectivity index (χ1v) is 8.61. The Hall–Kier alpha value is -0.810. The van der Waals surface area contributed by atoms with Crippen molar-refractivity contribution < 1.29 is 4.74 Å². The van der Waals surface area contributed by atoms with Crippen molar-refractivity contribution in [2.75, 3.05) is 53.0 Å². The summed E-state index contributed by atoms with van der Waals surface area (Å²) in [6, 6.07) is 0. The first kappa shape index (κ1) is 18.2. The highest BCUT2D eigenvalue weighted by molar-refractivity contribution is 5.79. The van der Waals surface area contributed by atoms with E-state index in [4.69, 9.17) is 4.74 Å². The number of morpholine rings is 1. The van der Waals surface area contributed by atoms with Crippen LogP contribution in [-0.4, -0.2) is 63.8 Å². The molecule has 0 unspecified atom stereocenters. The maximum absolute atomic E-state index is 5.36. The van der Waals surface area contributed by atoms with Crippen LogP contribution in [0.25, 0.3) is 0 Å². The summed E-state index contributed by atoms with van der Waals surface area (Å²) in [4.78, 5) is 6.75. The van der Waals surface area contributed by atoms with Crippen LogP contribution in [0, 0.1) is 0 Å². The van der Waals surface area contributed by atoms with Gasteiger partial charge in [-0.25, -0.2) is 0 Å². The fourth-order valence-corrected chi connectivity index (χ4v) is 2.47. The number of hydrogen-bond acceptors (Lipinski definition) is 3. The van der Waals surface area contributed by atoms with E-state index in [1.165, 1.54) is 45.1 Å². The van der Waals surface area contributed by atoms with Crippen LogP contribution in [0.4, 0.5) is 0 Å². The second kappa shape index (κ2) is 12.9. The molecule has 5 heteroatoms. The van der Waals surface area contributed by atoms with Gasteiger partial charge in [0.1, 0.15) is 0 Å². The smallest absolute Gasteiger partial charge is 0.190 e. The number of guanidine groups is 1. The Balaban J connectivity index is 1.94. The lowest BCUT2D eigenvalue weighted by molar-refractivity contribution is 0.0372. The molecule has 5 nitrogen and oxygen atoms in total. The molecule has 0 aromatic heterocycles. The van der Waals surface area contributed by atoms with E-state index in [-0.39, 0.29) is 0 Å². The number of nitrogens with one attached hydrogen (secondary N) is 2. The summed E-state index contributed by atoms with van der Waals surface area (Å²) in [7, 11) is 1.84. The van der Waals surface area contributed by atoms with Crippen molar-refractivity contribution in [2.24, 2.45) is 4.99 Å². The zero-order chi connectivity index (χ0) is 15.2. The molecule has 0 radical (unpaired) electrons. The van der Waals surface area contributed by atoms with E-state index in [1.54, 1.807) is 0 Å². The van der Waals surface area contributed by atoms with Gasteiger partial charge in [0.05, 0.1) is 13.2 Å². The molecule has 1 saturated heterocycles. The minimum Gasteiger partial charge on any atom is -0.379 e. The number of unbranched alkanes of at least 4 members (excludes halogenated alkanes) is 4. The normalized spacial score (nSPS) is 17.0. The topological polar surface area (TPSA) is 48.9 Å². The molecule has 0 amide bonds. The van der Waals surface area contributed by atoms with Crippen molar-refractivity contribution in [3.05, 3.63) is 0 Å². The van der Waals surface area contributed by atoms with Gasteiger partial charge < -0.3 is 15.4 Å². The van der Waals surface area contributed by atoms with Gasteiger partial charge >= 0.3 is 0 Å². The zero-order valence-corrected chi connectivity index (χ0v) is 14.0. The predicted octanol–water partition coefficient (Wildman–Crippen LogP) is 1.84. The first-order valence-electron chi connectivity index (χ1n) is 8.61. The average Bonchev–Trinajstić information content (AvgIpc) is 2.53. The minimum atomic E-state index is 0.896. The Kier molecular flexibility index (Phi) is 11.2. The molecule has 0 aromatic carbocycles. The molecule has 0 atom stereocenters. The maximum atomic E-state index is 5.36. The molecule has 1 rings (SSSR count). The molecule has 2 N–H and O–H groups in total. The highest BCUT2D eigenvalue weighted by Gasteiger charge is 2.08. The van der Waals surface area contributed by atoms with Crippen molar-refractivity contribution in [1.82, 2.24) is 15.5 Å². The summed E-state index contributed by atoms with van der Waals surface area (Å²) in [5, 5.41) is 6.77. The third-order valence-corrected chi connectivity index (χ3v) is 3.84. The monoisotopic (exact) mass is 298 g/mol. The van der Waals surface area contributed by atoms with Gasteiger partial charge in [-0.1, -0.05) is 26.2 Å². The summed E-state index contributed by atoms with van der Waals surface area (Å²) in [6.07, 6.45) is 7.57. The molecule has 1 aliphatic heterocycles. The van der Waals surface area contributed by atoms with Gasteiger partial charge in [0.25, 0.3) is 0 Å². The van der Waals surface area contributed by atoms with E-state index in [0.717, 1.165) is 45.4 Å². The van der Waals surface area contributed by atoms with Gasteiger partial charge in [-0.15, -0.1) is 0 Å². The molecule has 0 spiro atoms. The number of aliphatic imine (C=N–C) groups is 1. The van der Waals surface area contributed by atoms with Gasteiger partial charge in [0, 0.05) is 33.2 Å². The third-order valence-electron chi connectivity index (χ3n) is 3.84. The van der Waals surface area contributed by atoms with Crippen LogP contribution in [0.3, 0.4) is 0 Å². The van der Waals surface area contributed by atoms with Crippen LogP contribution < -0.4 is 10.6 Å². The van der Waals surface area contributed by atoms with E-state index in [9.17, 15) is 0 Å². The van der Waals surface area contributed by atoms with E-state index in [1.807, 2.05) is 7.05 Å². The molecule has 1 heterocycles. The Morgan fingerprint density at radius 1 is 1.00 bits per heavy atom. The van der Waals surface area contributed by atoms with Crippen LogP contribution >= 0.6 is 0 Å². The molecular formula is C16H34N4O. The van der Waals surface area contributed by atoms with Gasteiger partial charge in [-0.2, -0.15) is 0 Å². The lowest BCUT2D eigenvalue weighted by atomic mass is 10.2. The lowest BCUT2D eigenvalue weighted by Crippen LogP contribution is -2.39.